The predicted octanol–water partition coefficient (Wildman–Crippen LogP) is 5.51. The first kappa shape index (κ1) is 22.3. The summed E-state index contributed by atoms with van der Waals surface area (Å²) >= 11 is 1.79. The highest BCUT2D eigenvalue weighted by Crippen LogP contribution is 2.42. The van der Waals surface area contributed by atoms with Crippen molar-refractivity contribution >= 4 is 17.9 Å². The third-order valence-corrected chi connectivity index (χ3v) is 8.20. The first-order chi connectivity index (χ1) is 13.6. The molecule has 1 saturated carbocycles. The van der Waals surface area contributed by atoms with Gasteiger partial charge >= 0.3 is 6.09 Å². The molecule has 0 saturated heterocycles. The Labute approximate surface area is 180 Å². The summed E-state index contributed by atoms with van der Waals surface area (Å²) in [5.74, 6) is 1.82. The maximum Gasteiger partial charge on any atom is 0.407 e. The molecule has 0 bridgehead atoms. The molecule has 0 aromatic heterocycles. The van der Waals surface area contributed by atoms with E-state index in [4.69, 9.17) is 4.74 Å². The van der Waals surface area contributed by atoms with E-state index in [0.29, 0.717) is 17.8 Å². The molecule has 0 aliphatic heterocycles. The molecule has 2 aliphatic rings. The number of rotatable bonds is 4. The summed E-state index contributed by atoms with van der Waals surface area (Å²) < 4.78 is 6.03. The Balaban J connectivity index is 1.77. The fraction of sp³-hybridized carbons (Fsp3) is 0.708. The standard InChI is InChI=1S/C24H37NO3S/c1-14(2)18-10-7-15(3)11-20(18)28-23(27)25-22-21(29-6)12-16-8-9-17(26)13-19(16)24(22,4)5/h8-9,13-15,18,20-22,26H,7,10-12H2,1-6H3,(H,25,27)/t15-,18+,20?,21-,22+/m1/s1. The first-order valence-electron chi connectivity index (χ1n) is 11.0. The van der Waals surface area contributed by atoms with Crippen LogP contribution in [0, 0.1) is 17.8 Å². The van der Waals surface area contributed by atoms with Gasteiger partial charge in [0.1, 0.15) is 11.9 Å². The van der Waals surface area contributed by atoms with Crippen molar-refractivity contribution in [3.63, 3.8) is 0 Å². The van der Waals surface area contributed by atoms with Crippen LogP contribution in [0.5, 0.6) is 5.75 Å². The number of carbonyl (C=O) groups excluding carboxylic acids is 1. The maximum atomic E-state index is 13.0. The number of hydrogen-bond donors (Lipinski definition) is 2. The van der Waals surface area contributed by atoms with Gasteiger partial charge < -0.3 is 15.2 Å². The second-order valence-electron chi connectivity index (χ2n) is 9.93. The quantitative estimate of drug-likeness (QED) is 0.675. The summed E-state index contributed by atoms with van der Waals surface area (Å²) in [6.07, 6.45) is 5.97. The van der Waals surface area contributed by atoms with Crippen LogP contribution in [0.2, 0.25) is 0 Å². The number of hydrogen-bond acceptors (Lipinski definition) is 4. The molecule has 1 aromatic rings. The van der Waals surface area contributed by atoms with Crippen LogP contribution in [0.3, 0.4) is 0 Å². The van der Waals surface area contributed by atoms with Gasteiger partial charge in [0, 0.05) is 10.7 Å². The normalized spacial score (nSPS) is 31.2. The van der Waals surface area contributed by atoms with E-state index in [1.807, 2.05) is 12.1 Å². The van der Waals surface area contributed by atoms with Crippen LogP contribution in [0.15, 0.2) is 18.2 Å². The molecule has 1 amide bonds. The van der Waals surface area contributed by atoms with E-state index in [2.05, 4.69) is 46.2 Å². The number of thioether (sulfide) groups is 1. The Morgan fingerprint density at radius 1 is 1.31 bits per heavy atom. The number of phenolic OH excluding ortho intramolecular Hbond substituents is 1. The monoisotopic (exact) mass is 419 g/mol. The summed E-state index contributed by atoms with van der Waals surface area (Å²) in [7, 11) is 0. The van der Waals surface area contributed by atoms with Crippen molar-refractivity contribution < 1.29 is 14.6 Å². The highest BCUT2D eigenvalue weighted by molar-refractivity contribution is 7.99. The molecular weight excluding hydrogens is 382 g/mol. The lowest BCUT2D eigenvalue weighted by atomic mass is 9.69. The summed E-state index contributed by atoms with van der Waals surface area (Å²) in [6, 6.07) is 5.56. The lowest BCUT2D eigenvalue weighted by Crippen LogP contribution is -2.57. The average molecular weight is 420 g/mol. The molecule has 162 valence electrons. The molecule has 5 atom stereocenters. The van der Waals surface area contributed by atoms with Crippen molar-refractivity contribution in [3.05, 3.63) is 29.3 Å². The number of ether oxygens (including phenoxy) is 1. The summed E-state index contributed by atoms with van der Waals surface area (Å²) in [4.78, 5) is 13.0. The van der Waals surface area contributed by atoms with Crippen molar-refractivity contribution in [1.82, 2.24) is 5.32 Å². The molecule has 0 heterocycles. The van der Waals surface area contributed by atoms with Gasteiger partial charge in [0.05, 0.1) is 6.04 Å². The van der Waals surface area contributed by atoms with Gasteiger partial charge in [0.15, 0.2) is 0 Å². The summed E-state index contributed by atoms with van der Waals surface area (Å²) in [5.41, 5.74) is 2.06. The third kappa shape index (κ3) is 4.70. The lowest BCUT2D eigenvalue weighted by molar-refractivity contribution is 0.00369. The second-order valence-corrected chi connectivity index (χ2v) is 11.0. The van der Waals surface area contributed by atoms with E-state index in [9.17, 15) is 9.90 Å². The van der Waals surface area contributed by atoms with E-state index in [-0.39, 0.29) is 34.7 Å². The van der Waals surface area contributed by atoms with Crippen LogP contribution < -0.4 is 5.32 Å². The number of fused-ring (bicyclic) bond motifs is 1. The fourth-order valence-corrected chi connectivity index (χ4v) is 6.38. The van der Waals surface area contributed by atoms with Crippen LogP contribution in [-0.2, 0) is 16.6 Å². The average Bonchev–Trinajstić information content (AvgIpc) is 2.64. The first-order valence-corrected chi connectivity index (χ1v) is 12.2. The highest BCUT2D eigenvalue weighted by atomic mass is 32.2. The lowest BCUT2D eigenvalue weighted by Gasteiger charge is -2.45. The zero-order chi connectivity index (χ0) is 21.3. The van der Waals surface area contributed by atoms with Gasteiger partial charge in [0.2, 0.25) is 0 Å². The number of carbonyl (C=O) groups is 1. The molecule has 2 N–H and O–H groups in total. The SMILES string of the molecule is CS[C@@H]1Cc2ccc(O)cc2C(C)(C)[C@H]1NC(=O)OC1C[C@H](C)CC[C@H]1C(C)C. The predicted molar refractivity (Wildman–Crippen MR) is 121 cm³/mol. The van der Waals surface area contributed by atoms with Gasteiger partial charge in [-0.25, -0.2) is 4.79 Å². The summed E-state index contributed by atoms with van der Waals surface area (Å²) in [6.45, 7) is 11.0. The number of nitrogens with one attached hydrogen (secondary N) is 1. The fourth-order valence-electron chi connectivity index (χ4n) is 5.35. The van der Waals surface area contributed by atoms with E-state index < -0.39 is 0 Å². The number of alkyl carbamates (subject to hydrolysis) is 1. The van der Waals surface area contributed by atoms with Crippen LogP contribution in [0.1, 0.15) is 65.0 Å². The van der Waals surface area contributed by atoms with E-state index >= 15 is 0 Å². The highest BCUT2D eigenvalue weighted by Gasteiger charge is 2.44. The Bertz CT molecular complexity index is 733. The Hall–Kier alpha value is -1.36. The molecule has 0 radical (unpaired) electrons. The van der Waals surface area contributed by atoms with Crippen molar-refractivity contribution in [2.24, 2.45) is 17.8 Å². The Morgan fingerprint density at radius 3 is 2.69 bits per heavy atom. The molecule has 1 unspecified atom stereocenters. The number of benzene rings is 1. The molecule has 29 heavy (non-hydrogen) atoms. The zero-order valence-corrected chi connectivity index (χ0v) is 19.5. The van der Waals surface area contributed by atoms with Gasteiger partial charge in [-0.3, -0.25) is 0 Å². The van der Waals surface area contributed by atoms with Gasteiger partial charge in [-0.2, -0.15) is 11.8 Å². The molecule has 2 aliphatic carbocycles. The van der Waals surface area contributed by atoms with Gasteiger partial charge in [-0.15, -0.1) is 0 Å². The van der Waals surface area contributed by atoms with Crippen molar-refractivity contribution in [2.45, 2.75) is 83.1 Å². The van der Waals surface area contributed by atoms with Crippen LogP contribution in [0.4, 0.5) is 4.79 Å². The number of aromatic hydroxyl groups is 1. The van der Waals surface area contributed by atoms with E-state index in [1.54, 1.807) is 17.8 Å². The van der Waals surface area contributed by atoms with Crippen molar-refractivity contribution in [3.8, 4) is 5.75 Å². The van der Waals surface area contributed by atoms with Gasteiger partial charge in [-0.05, 0) is 66.5 Å². The second kappa shape index (κ2) is 8.79. The molecule has 1 fully saturated rings. The minimum atomic E-state index is -0.296. The smallest absolute Gasteiger partial charge is 0.407 e. The van der Waals surface area contributed by atoms with Crippen LogP contribution in [0.25, 0.3) is 0 Å². The molecule has 3 rings (SSSR count). The maximum absolute atomic E-state index is 13.0. The molecule has 0 spiro atoms. The minimum Gasteiger partial charge on any atom is -0.508 e. The molecular formula is C24H37NO3S. The molecule has 1 aromatic carbocycles. The summed E-state index contributed by atoms with van der Waals surface area (Å²) in [5, 5.41) is 13.5. The van der Waals surface area contributed by atoms with E-state index in [1.165, 1.54) is 12.0 Å². The van der Waals surface area contributed by atoms with Crippen molar-refractivity contribution in [2.75, 3.05) is 6.26 Å². The third-order valence-electron chi connectivity index (χ3n) is 7.15. The van der Waals surface area contributed by atoms with Crippen molar-refractivity contribution in [1.29, 1.82) is 0 Å². The number of phenols is 1. The number of amides is 1. The van der Waals surface area contributed by atoms with E-state index in [0.717, 1.165) is 24.8 Å². The zero-order valence-electron chi connectivity index (χ0n) is 18.7. The largest absolute Gasteiger partial charge is 0.508 e. The van der Waals surface area contributed by atoms with Crippen LogP contribution >= 0.6 is 11.8 Å². The van der Waals surface area contributed by atoms with Gasteiger partial charge in [-0.1, -0.05) is 47.1 Å². The minimum absolute atomic E-state index is 0.00508. The Morgan fingerprint density at radius 2 is 2.03 bits per heavy atom. The van der Waals surface area contributed by atoms with Gasteiger partial charge in [0.25, 0.3) is 0 Å². The molecule has 4 nitrogen and oxygen atoms in total. The van der Waals surface area contributed by atoms with Crippen LogP contribution in [-0.4, -0.2) is 34.9 Å². The molecule has 5 heteroatoms. The topological polar surface area (TPSA) is 58.6 Å². The Kier molecular flexibility index (Phi) is 6.77.